The molecule has 0 aliphatic heterocycles. The second-order valence-electron chi connectivity index (χ2n) is 15.3. The Labute approximate surface area is 312 Å². The molecular formula is C45H87NO4. The van der Waals surface area contributed by atoms with E-state index >= 15 is 0 Å². The summed E-state index contributed by atoms with van der Waals surface area (Å²) in [4.78, 5) is 12.4. The predicted octanol–water partition coefficient (Wildman–Crippen LogP) is 12.6. The van der Waals surface area contributed by atoms with E-state index in [1.54, 1.807) is 6.08 Å². The van der Waals surface area contributed by atoms with Crippen LogP contribution in [0, 0.1) is 0 Å². The van der Waals surface area contributed by atoms with Gasteiger partial charge in [0.15, 0.2) is 0 Å². The molecule has 50 heavy (non-hydrogen) atoms. The number of carbonyl (C=O) groups excluding carboxylic acids is 1. The number of allylic oxidation sites excluding steroid dienone is 3. The van der Waals surface area contributed by atoms with Crippen LogP contribution in [0.15, 0.2) is 24.3 Å². The number of unbranched alkanes of at least 4 members (excludes halogenated alkanes) is 29. The lowest BCUT2D eigenvalue weighted by Crippen LogP contribution is -2.45. The number of hydrogen-bond acceptors (Lipinski definition) is 4. The van der Waals surface area contributed by atoms with Gasteiger partial charge in [0.2, 0.25) is 5.91 Å². The normalized spacial score (nSPS) is 13.8. The Balaban J connectivity index is 3.66. The van der Waals surface area contributed by atoms with Crippen LogP contribution in [0.4, 0.5) is 0 Å². The van der Waals surface area contributed by atoms with E-state index < -0.39 is 18.2 Å². The maximum atomic E-state index is 12.4. The van der Waals surface area contributed by atoms with Gasteiger partial charge in [-0.25, -0.2) is 0 Å². The van der Waals surface area contributed by atoms with Crippen LogP contribution in [-0.4, -0.2) is 46.1 Å². The topological polar surface area (TPSA) is 89.8 Å². The van der Waals surface area contributed by atoms with Crippen LogP contribution in [-0.2, 0) is 4.79 Å². The van der Waals surface area contributed by atoms with Crippen LogP contribution in [0.1, 0.15) is 232 Å². The van der Waals surface area contributed by atoms with E-state index in [4.69, 9.17) is 0 Å². The molecule has 0 rings (SSSR count). The molecule has 0 fully saturated rings. The van der Waals surface area contributed by atoms with Crippen LogP contribution >= 0.6 is 0 Å². The number of hydrogen-bond donors (Lipinski definition) is 4. The van der Waals surface area contributed by atoms with Gasteiger partial charge in [-0.05, 0) is 44.9 Å². The minimum Gasteiger partial charge on any atom is -0.394 e. The van der Waals surface area contributed by atoms with Gasteiger partial charge in [0.05, 0.1) is 31.3 Å². The smallest absolute Gasteiger partial charge is 0.222 e. The molecule has 4 N–H and O–H groups in total. The van der Waals surface area contributed by atoms with Crippen LogP contribution in [0.5, 0.6) is 0 Å². The number of carbonyl (C=O) groups is 1. The predicted molar refractivity (Wildman–Crippen MR) is 218 cm³/mol. The molecule has 1 amide bonds. The van der Waals surface area contributed by atoms with Gasteiger partial charge >= 0.3 is 0 Å². The van der Waals surface area contributed by atoms with Crippen molar-refractivity contribution in [2.75, 3.05) is 6.61 Å². The minimum atomic E-state index is -0.928. The standard InChI is InChI=1S/C45H87NO4/c1-3-5-7-9-11-13-15-17-19-20-21-22-23-25-26-28-30-32-34-36-38-42(48)40-45(50)46-43(41-47)44(49)39-37-35-33-31-29-27-24-18-16-14-12-10-8-6-4-2/h23,25,37,39,42-44,47-49H,3-22,24,26-36,38,40-41H2,1-2H3,(H,46,50)/b25-23-,39-37+. The molecule has 0 aromatic rings. The van der Waals surface area contributed by atoms with E-state index in [-0.39, 0.29) is 18.9 Å². The molecule has 5 heteroatoms. The first kappa shape index (κ1) is 48.8. The first-order valence-corrected chi connectivity index (χ1v) is 22.1. The molecule has 0 saturated carbocycles. The second-order valence-corrected chi connectivity index (χ2v) is 15.3. The molecule has 0 aromatic heterocycles. The van der Waals surface area contributed by atoms with Gasteiger partial charge in [-0.1, -0.05) is 205 Å². The van der Waals surface area contributed by atoms with Crippen molar-refractivity contribution in [3.63, 3.8) is 0 Å². The van der Waals surface area contributed by atoms with Crippen molar-refractivity contribution in [2.45, 2.75) is 250 Å². The molecule has 0 radical (unpaired) electrons. The van der Waals surface area contributed by atoms with Gasteiger partial charge in [-0.2, -0.15) is 0 Å². The molecule has 0 aromatic carbocycles. The zero-order valence-corrected chi connectivity index (χ0v) is 33.5. The Morgan fingerprint density at radius 1 is 0.500 bits per heavy atom. The van der Waals surface area contributed by atoms with E-state index in [9.17, 15) is 20.1 Å². The molecule has 3 atom stereocenters. The Hall–Kier alpha value is -1.17. The molecule has 0 saturated heterocycles. The van der Waals surface area contributed by atoms with Crippen LogP contribution in [0.25, 0.3) is 0 Å². The van der Waals surface area contributed by atoms with Gasteiger partial charge in [0.1, 0.15) is 0 Å². The van der Waals surface area contributed by atoms with Gasteiger partial charge in [-0.15, -0.1) is 0 Å². The SMILES string of the molecule is CCCCCCCCCCCCC/C=C\CCCCCCCC(O)CC(=O)NC(CO)C(O)/C=C/CCCCCCCCCCCCCCC. The summed E-state index contributed by atoms with van der Waals surface area (Å²) in [6.45, 7) is 4.22. The summed E-state index contributed by atoms with van der Waals surface area (Å²) in [6, 6.07) is -0.744. The minimum absolute atomic E-state index is 0.00973. The Morgan fingerprint density at radius 2 is 0.840 bits per heavy atom. The number of aliphatic hydroxyl groups excluding tert-OH is 3. The quantitative estimate of drug-likeness (QED) is 0.0377. The van der Waals surface area contributed by atoms with E-state index in [0.717, 1.165) is 38.5 Å². The molecular weight excluding hydrogens is 618 g/mol. The van der Waals surface area contributed by atoms with Crippen molar-refractivity contribution in [3.05, 3.63) is 24.3 Å². The largest absolute Gasteiger partial charge is 0.394 e. The molecule has 0 aliphatic carbocycles. The van der Waals surface area contributed by atoms with Crippen LogP contribution < -0.4 is 5.32 Å². The summed E-state index contributed by atoms with van der Waals surface area (Å²) < 4.78 is 0. The molecule has 296 valence electrons. The number of amides is 1. The fourth-order valence-electron chi connectivity index (χ4n) is 6.81. The average Bonchev–Trinajstić information content (AvgIpc) is 3.11. The summed E-state index contributed by atoms with van der Waals surface area (Å²) in [5.74, 6) is -0.319. The van der Waals surface area contributed by atoms with Crippen molar-refractivity contribution in [1.82, 2.24) is 5.32 Å². The Kier molecular flexibility index (Phi) is 39.6. The van der Waals surface area contributed by atoms with E-state index in [1.165, 1.54) is 167 Å². The fraction of sp³-hybridized carbons (Fsp3) is 0.889. The van der Waals surface area contributed by atoms with Crippen molar-refractivity contribution in [3.8, 4) is 0 Å². The maximum Gasteiger partial charge on any atom is 0.222 e. The highest BCUT2D eigenvalue weighted by Gasteiger charge is 2.20. The fourth-order valence-corrected chi connectivity index (χ4v) is 6.81. The third kappa shape index (κ3) is 36.6. The van der Waals surface area contributed by atoms with Gasteiger partial charge in [0.25, 0.3) is 0 Å². The highest BCUT2D eigenvalue weighted by molar-refractivity contribution is 5.76. The van der Waals surface area contributed by atoms with Crippen molar-refractivity contribution < 1.29 is 20.1 Å². The van der Waals surface area contributed by atoms with Crippen LogP contribution in [0.3, 0.4) is 0 Å². The monoisotopic (exact) mass is 706 g/mol. The third-order valence-corrected chi connectivity index (χ3v) is 10.2. The molecule has 5 nitrogen and oxygen atoms in total. The summed E-state index contributed by atoms with van der Waals surface area (Å²) in [6.07, 6.45) is 48.9. The second kappa shape index (κ2) is 40.6. The van der Waals surface area contributed by atoms with Gasteiger partial charge in [-0.3, -0.25) is 4.79 Å². The van der Waals surface area contributed by atoms with Crippen molar-refractivity contribution in [1.29, 1.82) is 0 Å². The number of rotatable bonds is 40. The highest BCUT2D eigenvalue weighted by Crippen LogP contribution is 2.15. The Bertz CT molecular complexity index is 739. The zero-order chi connectivity index (χ0) is 36.6. The third-order valence-electron chi connectivity index (χ3n) is 10.2. The first-order chi connectivity index (χ1) is 24.5. The summed E-state index contributed by atoms with van der Waals surface area (Å²) in [5, 5.41) is 33.2. The molecule has 0 bridgehead atoms. The van der Waals surface area contributed by atoms with E-state index in [0.29, 0.717) is 6.42 Å². The molecule has 0 heterocycles. The van der Waals surface area contributed by atoms with E-state index in [2.05, 4.69) is 31.3 Å². The summed E-state index contributed by atoms with van der Waals surface area (Å²) in [5.41, 5.74) is 0. The maximum absolute atomic E-state index is 12.4. The van der Waals surface area contributed by atoms with Gasteiger partial charge in [0, 0.05) is 0 Å². The molecule has 0 aliphatic rings. The number of nitrogens with one attached hydrogen (secondary N) is 1. The van der Waals surface area contributed by atoms with E-state index in [1.807, 2.05) is 6.08 Å². The average molecular weight is 706 g/mol. The van der Waals surface area contributed by atoms with Gasteiger partial charge < -0.3 is 20.6 Å². The highest BCUT2D eigenvalue weighted by atomic mass is 16.3. The number of aliphatic hydroxyl groups is 3. The molecule has 0 spiro atoms. The first-order valence-electron chi connectivity index (χ1n) is 22.1. The summed E-state index contributed by atoms with van der Waals surface area (Å²) in [7, 11) is 0. The Morgan fingerprint density at radius 3 is 1.22 bits per heavy atom. The zero-order valence-electron chi connectivity index (χ0n) is 33.5. The van der Waals surface area contributed by atoms with Crippen LogP contribution in [0.2, 0.25) is 0 Å². The lowest BCUT2D eigenvalue weighted by molar-refractivity contribution is -0.124. The molecule has 3 unspecified atom stereocenters. The van der Waals surface area contributed by atoms with Crippen molar-refractivity contribution in [2.24, 2.45) is 0 Å². The van der Waals surface area contributed by atoms with Crippen molar-refractivity contribution >= 4 is 5.91 Å². The lowest BCUT2D eigenvalue weighted by atomic mass is 10.0. The lowest BCUT2D eigenvalue weighted by Gasteiger charge is -2.21. The summed E-state index contributed by atoms with van der Waals surface area (Å²) >= 11 is 0.